The lowest BCUT2D eigenvalue weighted by atomic mass is 10.2. The van der Waals surface area contributed by atoms with Crippen molar-refractivity contribution in [3.8, 4) is 5.75 Å². The molecule has 0 amide bonds. The van der Waals surface area contributed by atoms with E-state index in [2.05, 4.69) is 20.7 Å². The van der Waals surface area contributed by atoms with Crippen molar-refractivity contribution in [2.75, 3.05) is 7.11 Å². The van der Waals surface area contributed by atoms with Crippen LogP contribution in [0.4, 0.5) is 4.39 Å². The minimum atomic E-state index is -1.33. The number of halogens is 2. The third-order valence-corrected chi connectivity index (χ3v) is 2.15. The van der Waals surface area contributed by atoms with E-state index in [1.165, 1.54) is 19.2 Å². The highest BCUT2D eigenvalue weighted by atomic mass is 79.9. The quantitative estimate of drug-likeness (QED) is 0.874. The molecule has 0 atom stereocenters. The number of rotatable bonds is 2. The fourth-order valence-corrected chi connectivity index (χ4v) is 1.36. The van der Waals surface area contributed by atoms with E-state index < -0.39 is 17.3 Å². The molecule has 1 aromatic carbocycles. The van der Waals surface area contributed by atoms with Crippen LogP contribution in [0.5, 0.6) is 5.75 Å². The molecule has 0 unspecified atom stereocenters. The number of aromatic carboxylic acids is 1. The predicted molar refractivity (Wildman–Crippen MR) is 47.6 cm³/mol. The van der Waals surface area contributed by atoms with Gasteiger partial charge in [0.05, 0.1) is 7.11 Å². The van der Waals surface area contributed by atoms with Gasteiger partial charge in [0, 0.05) is 4.47 Å². The smallest absolute Gasteiger partial charge is 0.339 e. The zero-order chi connectivity index (χ0) is 10.0. The second kappa shape index (κ2) is 3.74. The Balaban J connectivity index is 3.38. The average molecular weight is 249 g/mol. The Bertz CT molecular complexity index is 351. The lowest BCUT2D eigenvalue weighted by Crippen LogP contribution is -2.03. The van der Waals surface area contributed by atoms with E-state index in [1.807, 2.05) is 0 Å². The van der Waals surface area contributed by atoms with Gasteiger partial charge in [-0.15, -0.1) is 0 Å². The van der Waals surface area contributed by atoms with Crippen molar-refractivity contribution in [3.63, 3.8) is 0 Å². The summed E-state index contributed by atoms with van der Waals surface area (Å²) in [6.45, 7) is 0. The number of hydrogen-bond acceptors (Lipinski definition) is 2. The molecule has 0 heterocycles. The van der Waals surface area contributed by atoms with E-state index in [1.54, 1.807) is 0 Å². The van der Waals surface area contributed by atoms with Crippen LogP contribution in [0.25, 0.3) is 0 Å². The minimum absolute atomic E-state index is 0.0828. The molecule has 0 aliphatic rings. The number of hydrogen-bond donors (Lipinski definition) is 1. The lowest BCUT2D eigenvalue weighted by Gasteiger charge is -2.05. The highest BCUT2D eigenvalue weighted by Gasteiger charge is 2.18. The van der Waals surface area contributed by atoms with Crippen molar-refractivity contribution in [1.29, 1.82) is 0 Å². The summed E-state index contributed by atoms with van der Waals surface area (Å²) in [5.74, 6) is -2.28. The number of benzene rings is 1. The summed E-state index contributed by atoms with van der Waals surface area (Å²) in [6, 6.07) is 2.78. The highest BCUT2D eigenvalue weighted by molar-refractivity contribution is 9.10. The number of ether oxygens (including phenoxy) is 1. The van der Waals surface area contributed by atoms with Crippen molar-refractivity contribution in [2.24, 2.45) is 0 Å². The maximum Gasteiger partial charge on any atom is 0.339 e. The molecule has 13 heavy (non-hydrogen) atoms. The minimum Gasteiger partial charge on any atom is -0.494 e. The Morgan fingerprint density at radius 2 is 2.23 bits per heavy atom. The molecule has 0 aliphatic carbocycles. The van der Waals surface area contributed by atoms with Crippen molar-refractivity contribution in [2.45, 2.75) is 0 Å². The molecule has 0 aromatic heterocycles. The zero-order valence-electron chi connectivity index (χ0n) is 6.67. The van der Waals surface area contributed by atoms with E-state index in [-0.39, 0.29) is 10.2 Å². The van der Waals surface area contributed by atoms with E-state index in [0.29, 0.717) is 0 Å². The van der Waals surface area contributed by atoms with Crippen molar-refractivity contribution in [3.05, 3.63) is 28.0 Å². The fourth-order valence-electron chi connectivity index (χ4n) is 0.887. The number of carboxylic acid groups (broad SMARTS) is 1. The maximum atomic E-state index is 13.2. The molecule has 0 aliphatic heterocycles. The normalized spacial score (nSPS) is 9.77. The van der Waals surface area contributed by atoms with Crippen LogP contribution in [0.3, 0.4) is 0 Å². The molecule has 0 spiro atoms. The Morgan fingerprint density at radius 3 is 2.69 bits per heavy atom. The van der Waals surface area contributed by atoms with Crippen LogP contribution in [-0.4, -0.2) is 18.2 Å². The molecular formula is C8H6BrFO3. The van der Waals surface area contributed by atoms with Gasteiger partial charge in [0.1, 0.15) is 5.56 Å². The third-order valence-electron chi connectivity index (χ3n) is 1.49. The van der Waals surface area contributed by atoms with Gasteiger partial charge in [0.15, 0.2) is 11.6 Å². The van der Waals surface area contributed by atoms with Gasteiger partial charge in [-0.2, -0.15) is 0 Å². The van der Waals surface area contributed by atoms with Gasteiger partial charge in [-0.1, -0.05) is 0 Å². The first-order chi connectivity index (χ1) is 6.07. The second-order valence-corrected chi connectivity index (χ2v) is 3.10. The van der Waals surface area contributed by atoms with E-state index in [9.17, 15) is 9.18 Å². The van der Waals surface area contributed by atoms with Crippen molar-refractivity contribution in [1.82, 2.24) is 0 Å². The van der Waals surface area contributed by atoms with Crippen LogP contribution in [0.15, 0.2) is 16.6 Å². The molecule has 5 heteroatoms. The summed E-state index contributed by atoms with van der Waals surface area (Å²) in [6.07, 6.45) is 0. The van der Waals surface area contributed by atoms with Crippen LogP contribution in [0, 0.1) is 5.82 Å². The molecule has 1 rings (SSSR count). The fraction of sp³-hybridized carbons (Fsp3) is 0.125. The van der Waals surface area contributed by atoms with Gasteiger partial charge in [-0.05, 0) is 28.1 Å². The summed E-state index contributed by atoms with van der Waals surface area (Å²) >= 11 is 2.93. The first-order valence-corrected chi connectivity index (χ1v) is 4.12. The summed E-state index contributed by atoms with van der Waals surface area (Å²) in [7, 11) is 1.28. The van der Waals surface area contributed by atoms with Crippen LogP contribution >= 0.6 is 15.9 Å². The molecule has 3 nitrogen and oxygen atoms in total. The standard InChI is InChI=1S/C8H6BrFO3/c1-13-5-3-2-4(9)6(7(5)10)8(11)12/h2-3H,1H3,(H,11,12). The first kappa shape index (κ1) is 9.98. The summed E-state index contributed by atoms with van der Waals surface area (Å²) in [5.41, 5.74) is -0.417. The van der Waals surface area contributed by atoms with Gasteiger partial charge in [0.2, 0.25) is 0 Å². The Kier molecular flexibility index (Phi) is 2.87. The molecular weight excluding hydrogens is 243 g/mol. The summed E-state index contributed by atoms with van der Waals surface area (Å²) in [4.78, 5) is 10.6. The van der Waals surface area contributed by atoms with Gasteiger partial charge >= 0.3 is 5.97 Å². The predicted octanol–water partition coefficient (Wildman–Crippen LogP) is 2.29. The van der Waals surface area contributed by atoms with E-state index in [0.717, 1.165) is 0 Å². The van der Waals surface area contributed by atoms with Crippen LogP contribution < -0.4 is 4.74 Å². The summed E-state index contributed by atoms with van der Waals surface area (Å²) in [5, 5.41) is 8.64. The molecule has 0 saturated carbocycles. The number of carboxylic acids is 1. The highest BCUT2D eigenvalue weighted by Crippen LogP contribution is 2.27. The number of carbonyl (C=O) groups is 1. The topological polar surface area (TPSA) is 46.5 Å². The summed E-state index contributed by atoms with van der Waals surface area (Å²) < 4.78 is 18.1. The monoisotopic (exact) mass is 248 g/mol. The molecule has 0 radical (unpaired) electrons. The Morgan fingerprint density at radius 1 is 1.62 bits per heavy atom. The molecule has 0 saturated heterocycles. The van der Waals surface area contributed by atoms with Crippen molar-refractivity contribution < 1.29 is 19.0 Å². The van der Waals surface area contributed by atoms with Crippen LogP contribution in [0.2, 0.25) is 0 Å². The first-order valence-electron chi connectivity index (χ1n) is 3.33. The Labute approximate surface area is 82.3 Å². The lowest BCUT2D eigenvalue weighted by molar-refractivity contribution is 0.0690. The SMILES string of the molecule is COc1ccc(Br)c(C(=O)O)c1F. The molecule has 1 aromatic rings. The second-order valence-electron chi connectivity index (χ2n) is 2.24. The molecule has 0 fully saturated rings. The van der Waals surface area contributed by atoms with Crippen LogP contribution in [-0.2, 0) is 0 Å². The molecule has 70 valence electrons. The molecule has 0 bridgehead atoms. The van der Waals surface area contributed by atoms with Gasteiger partial charge in [0.25, 0.3) is 0 Å². The van der Waals surface area contributed by atoms with Gasteiger partial charge in [-0.3, -0.25) is 0 Å². The largest absolute Gasteiger partial charge is 0.494 e. The zero-order valence-corrected chi connectivity index (χ0v) is 8.26. The molecule has 1 N–H and O–H groups in total. The van der Waals surface area contributed by atoms with Gasteiger partial charge in [-0.25, -0.2) is 9.18 Å². The van der Waals surface area contributed by atoms with E-state index in [4.69, 9.17) is 5.11 Å². The Hall–Kier alpha value is -1.10. The van der Waals surface area contributed by atoms with Gasteiger partial charge < -0.3 is 9.84 Å². The third kappa shape index (κ3) is 1.80. The van der Waals surface area contributed by atoms with Crippen molar-refractivity contribution >= 4 is 21.9 Å². The van der Waals surface area contributed by atoms with E-state index >= 15 is 0 Å². The van der Waals surface area contributed by atoms with Crippen LogP contribution in [0.1, 0.15) is 10.4 Å². The average Bonchev–Trinajstić information content (AvgIpc) is 2.04. The number of methoxy groups -OCH3 is 1. The maximum absolute atomic E-state index is 13.2.